The van der Waals surface area contributed by atoms with Crippen LogP contribution in [0.15, 0.2) is 0 Å². The Bertz CT molecular complexity index is 159. The largest absolute Gasteiger partial charge is 0.355 e. The molecule has 0 aromatic carbocycles. The fraction of sp³-hybridized carbons (Fsp3) is 0.889. The molecule has 2 atom stereocenters. The van der Waals surface area contributed by atoms with E-state index in [1.165, 1.54) is 6.42 Å². The summed E-state index contributed by atoms with van der Waals surface area (Å²) >= 11 is 0. The van der Waals surface area contributed by atoms with Crippen LogP contribution in [0.2, 0.25) is 0 Å². The first-order valence-electron chi connectivity index (χ1n) is 4.65. The molecule has 1 amide bonds. The molecule has 0 aromatic heterocycles. The number of carbonyl (C=O) groups is 1. The lowest BCUT2D eigenvalue weighted by Crippen LogP contribution is -2.31. The Balaban J connectivity index is 1.80. The van der Waals surface area contributed by atoms with Gasteiger partial charge in [0.1, 0.15) is 0 Å². The average Bonchev–Trinajstić information content (AvgIpc) is 2.65. The minimum absolute atomic E-state index is 0.0524. The van der Waals surface area contributed by atoms with Crippen LogP contribution in [0.3, 0.4) is 0 Å². The quantitative estimate of drug-likeness (QED) is 0.585. The van der Waals surface area contributed by atoms with Crippen LogP contribution in [0.1, 0.15) is 20.3 Å². The van der Waals surface area contributed by atoms with Gasteiger partial charge in [-0.25, -0.2) is 0 Å². The van der Waals surface area contributed by atoms with Gasteiger partial charge in [-0.15, -0.1) is 0 Å². The lowest BCUT2D eigenvalue weighted by atomic mass is 10.3. The Morgan fingerprint density at radius 3 is 2.67 bits per heavy atom. The van der Waals surface area contributed by atoms with Gasteiger partial charge in [-0.3, -0.25) is 4.79 Å². The van der Waals surface area contributed by atoms with Gasteiger partial charge in [0.2, 0.25) is 5.91 Å². The second-order valence-corrected chi connectivity index (χ2v) is 3.66. The van der Waals surface area contributed by atoms with E-state index in [1.54, 1.807) is 6.92 Å². The van der Waals surface area contributed by atoms with Gasteiger partial charge in [0.25, 0.3) is 0 Å². The molecular formula is C9H18N2O. The van der Waals surface area contributed by atoms with Crippen molar-refractivity contribution in [1.82, 2.24) is 10.6 Å². The molecule has 0 heterocycles. The maximum Gasteiger partial charge on any atom is 0.216 e. The van der Waals surface area contributed by atoms with Crippen molar-refractivity contribution in [3.8, 4) is 0 Å². The summed E-state index contributed by atoms with van der Waals surface area (Å²) in [6.07, 6.45) is 1.37. The van der Waals surface area contributed by atoms with E-state index < -0.39 is 0 Å². The Kier molecular flexibility index (Phi) is 3.53. The molecule has 1 aliphatic carbocycles. The molecule has 0 spiro atoms. The molecule has 0 saturated heterocycles. The zero-order chi connectivity index (χ0) is 8.97. The Labute approximate surface area is 73.9 Å². The standard InChI is InChI=1S/C9H18N2O/c1-7-5-9(7)6-10-3-4-11-8(2)12/h7,9-10H,3-6H2,1-2H3,(H,11,12). The van der Waals surface area contributed by atoms with Gasteiger partial charge in [0.05, 0.1) is 0 Å². The van der Waals surface area contributed by atoms with Gasteiger partial charge in [-0.2, -0.15) is 0 Å². The van der Waals surface area contributed by atoms with Crippen molar-refractivity contribution < 1.29 is 4.79 Å². The molecule has 1 aliphatic rings. The van der Waals surface area contributed by atoms with Gasteiger partial charge >= 0.3 is 0 Å². The molecule has 3 nitrogen and oxygen atoms in total. The molecule has 2 unspecified atom stereocenters. The van der Waals surface area contributed by atoms with Gasteiger partial charge in [0.15, 0.2) is 0 Å². The second kappa shape index (κ2) is 4.45. The van der Waals surface area contributed by atoms with Gasteiger partial charge < -0.3 is 10.6 Å². The normalized spacial score (nSPS) is 26.8. The first kappa shape index (κ1) is 9.52. The fourth-order valence-electron chi connectivity index (χ4n) is 1.30. The van der Waals surface area contributed by atoms with Crippen LogP contribution in [0.5, 0.6) is 0 Å². The molecule has 0 aromatic rings. The molecule has 0 bridgehead atoms. The summed E-state index contributed by atoms with van der Waals surface area (Å²) in [4.78, 5) is 10.5. The van der Waals surface area contributed by atoms with Crippen molar-refractivity contribution >= 4 is 5.91 Å². The first-order valence-corrected chi connectivity index (χ1v) is 4.65. The average molecular weight is 170 g/mol. The highest BCUT2D eigenvalue weighted by molar-refractivity contribution is 5.72. The van der Waals surface area contributed by atoms with Crippen molar-refractivity contribution in [2.75, 3.05) is 19.6 Å². The highest BCUT2D eigenvalue weighted by Gasteiger charge is 2.31. The van der Waals surface area contributed by atoms with E-state index in [1.807, 2.05) is 0 Å². The lowest BCUT2D eigenvalue weighted by Gasteiger charge is -2.03. The smallest absolute Gasteiger partial charge is 0.216 e. The van der Waals surface area contributed by atoms with Crippen LogP contribution in [0, 0.1) is 11.8 Å². The summed E-state index contributed by atoms with van der Waals surface area (Å²) in [5.41, 5.74) is 0. The number of carbonyl (C=O) groups excluding carboxylic acids is 1. The molecule has 2 N–H and O–H groups in total. The Morgan fingerprint density at radius 1 is 1.50 bits per heavy atom. The predicted octanol–water partition coefficient (Wildman–Crippen LogP) is 0.368. The lowest BCUT2D eigenvalue weighted by molar-refractivity contribution is -0.118. The number of amides is 1. The van der Waals surface area contributed by atoms with E-state index in [4.69, 9.17) is 0 Å². The molecule has 1 rings (SSSR count). The number of nitrogens with one attached hydrogen (secondary N) is 2. The Hall–Kier alpha value is -0.570. The molecule has 1 fully saturated rings. The van der Waals surface area contributed by atoms with E-state index in [-0.39, 0.29) is 5.91 Å². The molecular weight excluding hydrogens is 152 g/mol. The third-order valence-electron chi connectivity index (χ3n) is 2.36. The van der Waals surface area contributed by atoms with E-state index in [0.29, 0.717) is 0 Å². The molecule has 12 heavy (non-hydrogen) atoms. The van der Waals surface area contributed by atoms with Crippen molar-refractivity contribution in [2.24, 2.45) is 11.8 Å². The first-order chi connectivity index (χ1) is 5.70. The van der Waals surface area contributed by atoms with Gasteiger partial charge in [-0.05, 0) is 24.8 Å². The minimum atomic E-state index is 0.0524. The van der Waals surface area contributed by atoms with E-state index in [0.717, 1.165) is 31.5 Å². The van der Waals surface area contributed by atoms with Crippen LogP contribution in [0.25, 0.3) is 0 Å². The molecule has 70 valence electrons. The summed E-state index contributed by atoms with van der Waals surface area (Å²) in [6.45, 7) is 6.57. The third kappa shape index (κ3) is 3.72. The SMILES string of the molecule is CC(=O)NCCNCC1CC1C. The van der Waals surface area contributed by atoms with Crippen molar-refractivity contribution in [3.05, 3.63) is 0 Å². The molecule has 1 saturated carbocycles. The van der Waals surface area contributed by atoms with Gasteiger partial charge in [0, 0.05) is 20.0 Å². The van der Waals surface area contributed by atoms with Crippen molar-refractivity contribution in [1.29, 1.82) is 0 Å². The highest BCUT2D eigenvalue weighted by Crippen LogP contribution is 2.36. The molecule has 0 aliphatic heterocycles. The van der Waals surface area contributed by atoms with Gasteiger partial charge in [-0.1, -0.05) is 6.92 Å². The minimum Gasteiger partial charge on any atom is -0.355 e. The number of hydrogen-bond donors (Lipinski definition) is 2. The van der Waals surface area contributed by atoms with Crippen LogP contribution in [-0.2, 0) is 4.79 Å². The fourth-order valence-corrected chi connectivity index (χ4v) is 1.30. The second-order valence-electron chi connectivity index (χ2n) is 3.66. The van der Waals surface area contributed by atoms with Crippen LogP contribution in [-0.4, -0.2) is 25.5 Å². The zero-order valence-corrected chi connectivity index (χ0v) is 7.89. The van der Waals surface area contributed by atoms with Crippen LogP contribution >= 0.6 is 0 Å². The predicted molar refractivity (Wildman–Crippen MR) is 48.8 cm³/mol. The van der Waals surface area contributed by atoms with Crippen LogP contribution in [0.4, 0.5) is 0 Å². The van der Waals surface area contributed by atoms with E-state index >= 15 is 0 Å². The van der Waals surface area contributed by atoms with Crippen molar-refractivity contribution in [2.45, 2.75) is 20.3 Å². The highest BCUT2D eigenvalue weighted by atomic mass is 16.1. The number of hydrogen-bond acceptors (Lipinski definition) is 2. The molecule has 0 radical (unpaired) electrons. The van der Waals surface area contributed by atoms with E-state index in [9.17, 15) is 4.79 Å². The Morgan fingerprint density at radius 2 is 2.17 bits per heavy atom. The summed E-state index contributed by atoms with van der Waals surface area (Å²) in [7, 11) is 0. The summed E-state index contributed by atoms with van der Waals surface area (Å²) in [5, 5.41) is 6.07. The number of rotatable bonds is 5. The summed E-state index contributed by atoms with van der Waals surface area (Å²) in [5.74, 6) is 1.86. The van der Waals surface area contributed by atoms with Crippen LogP contribution < -0.4 is 10.6 Å². The monoisotopic (exact) mass is 170 g/mol. The maximum absolute atomic E-state index is 10.5. The topological polar surface area (TPSA) is 41.1 Å². The molecule has 3 heteroatoms. The summed E-state index contributed by atoms with van der Waals surface area (Å²) in [6, 6.07) is 0. The zero-order valence-electron chi connectivity index (χ0n) is 7.89. The van der Waals surface area contributed by atoms with Crippen molar-refractivity contribution in [3.63, 3.8) is 0 Å². The van der Waals surface area contributed by atoms with E-state index in [2.05, 4.69) is 17.6 Å². The summed E-state index contributed by atoms with van der Waals surface area (Å²) < 4.78 is 0. The third-order valence-corrected chi connectivity index (χ3v) is 2.36. The maximum atomic E-state index is 10.5.